The van der Waals surface area contributed by atoms with E-state index in [0.717, 1.165) is 11.1 Å². The highest BCUT2D eigenvalue weighted by atomic mass is 16.5. The standard InChI is InChI=1S/C20H22O5/c1-4-14-6-8-17(16(10-14)13-21)25-19-11-15(7-9-18(19)23-3)12-20(22)24-5-2/h4,6-11,21H,1,5,12-13H2,2-3H3. The Morgan fingerprint density at radius 2 is 1.92 bits per heavy atom. The van der Waals surface area contributed by atoms with E-state index in [1.807, 2.05) is 6.07 Å². The summed E-state index contributed by atoms with van der Waals surface area (Å²) in [5.41, 5.74) is 2.28. The molecule has 0 aliphatic rings. The number of rotatable bonds is 8. The van der Waals surface area contributed by atoms with Crippen molar-refractivity contribution in [1.29, 1.82) is 0 Å². The van der Waals surface area contributed by atoms with E-state index in [0.29, 0.717) is 29.4 Å². The molecule has 0 aromatic heterocycles. The predicted molar refractivity (Wildman–Crippen MR) is 95.9 cm³/mol. The molecule has 2 aromatic carbocycles. The summed E-state index contributed by atoms with van der Waals surface area (Å²) < 4.78 is 16.2. The van der Waals surface area contributed by atoms with Gasteiger partial charge in [0.15, 0.2) is 11.5 Å². The minimum Gasteiger partial charge on any atom is -0.493 e. The third-order valence-corrected chi connectivity index (χ3v) is 3.59. The minimum absolute atomic E-state index is 0.149. The van der Waals surface area contributed by atoms with Crippen molar-refractivity contribution in [3.63, 3.8) is 0 Å². The lowest BCUT2D eigenvalue weighted by Crippen LogP contribution is -2.07. The van der Waals surface area contributed by atoms with Gasteiger partial charge in [-0.15, -0.1) is 0 Å². The van der Waals surface area contributed by atoms with Crippen LogP contribution in [0.15, 0.2) is 43.0 Å². The van der Waals surface area contributed by atoms with Gasteiger partial charge in [0.25, 0.3) is 0 Å². The fourth-order valence-electron chi connectivity index (χ4n) is 2.36. The molecule has 25 heavy (non-hydrogen) atoms. The first-order valence-corrected chi connectivity index (χ1v) is 7.97. The molecular weight excluding hydrogens is 320 g/mol. The number of aliphatic hydroxyl groups excluding tert-OH is 1. The fraction of sp³-hybridized carbons (Fsp3) is 0.250. The number of benzene rings is 2. The topological polar surface area (TPSA) is 65.0 Å². The van der Waals surface area contributed by atoms with E-state index in [1.165, 1.54) is 0 Å². The normalized spacial score (nSPS) is 10.2. The molecule has 0 saturated carbocycles. The lowest BCUT2D eigenvalue weighted by atomic mass is 10.1. The summed E-state index contributed by atoms with van der Waals surface area (Å²) in [6, 6.07) is 10.7. The van der Waals surface area contributed by atoms with Crippen LogP contribution in [0.25, 0.3) is 6.08 Å². The number of hydrogen-bond donors (Lipinski definition) is 1. The quantitative estimate of drug-likeness (QED) is 0.741. The molecule has 0 aliphatic heterocycles. The monoisotopic (exact) mass is 342 g/mol. The first-order valence-electron chi connectivity index (χ1n) is 7.97. The molecule has 0 amide bonds. The Labute approximate surface area is 147 Å². The van der Waals surface area contributed by atoms with Crippen LogP contribution in [0.1, 0.15) is 23.6 Å². The largest absolute Gasteiger partial charge is 0.493 e. The Morgan fingerprint density at radius 3 is 2.56 bits per heavy atom. The van der Waals surface area contributed by atoms with Crippen molar-refractivity contribution in [3.05, 3.63) is 59.7 Å². The number of carbonyl (C=O) groups is 1. The SMILES string of the molecule is C=Cc1ccc(Oc2cc(CC(=O)OCC)ccc2OC)c(CO)c1. The summed E-state index contributed by atoms with van der Waals surface area (Å²) in [6.45, 7) is 5.66. The van der Waals surface area contributed by atoms with Gasteiger partial charge >= 0.3 is 5.97 Å². The highest BCUT2D eigenvalue weighted by molar-refractivity contribution is 5.73. The van der Waals surface area contributed by atoms with E-state index < -0.39 is 0 Å². The van der Waals surface area contributed by atoms with Crippen LogP contribution in [0, 0.1) is 0 Å². The Balaban J connectivity index is 2.31. The van der Waals surface area contributed by atoms with Crippen LogP contribution >= 0.6 is 0 Å². The number of ether oxygens (including phenoxy) is 3. The van der Waals surface area contributed by atoms with Crippen LogP contribution in [-0.4, -0.2) is 24.8 Å². The Hall–Kier alpha value is -2.79. The number of hydrogen-bond acceptors (Lipinski definition) is 5. The third-order valence-electron chi connectivity index (χ3n) is 3.59. The van der Waals surface area contributed by atoms with E-state index >= 15 is 0 Å². The maximum atomic E-state index is 11.7. The van der Waals surface area contributed by atoms with Crippen molar-refractivity contribution in [2.75, 3.05) is 13.7 Å². The number of aliphatic hydroxyl groups is 1. The number of esters is 1. The Morgan fingerprint density at radius 1 is 1.16 bits per heavy atom. The molecule has 2 aromatic rings. The van der Waals surface area contributed by atoms with Gasteiger partial charge < -0.3 is 19.3 Å². The molecule has 0 saturated heterocycles. The fourth-order valence-corrected chi connectivity index (χ4v) is 2.36. The first kappa shape index (κ1) is 18.5. The second-order valence-electron chi connectivity index (χ2n) is 5.30. The van der Waals surface area contributed by atoms with Gasteiger partial charge in [-0.3, -0.25) is 4.79 Å². The molecule has 5 nitrogen and oxygen atoms in total. The van der Waals surface area contributed by atoms with Crippen LogP contribution in [0.5, 0.6) is 17.2 Å². The van der Waals surface area contributed by atoms with Gasteiger partial charge in [0.1, 0.15) is 5.75 Å². The lowest BCUT2D eigenvalue weighted by molar-refractivity contribution is -0.142. The van der Waals surface area contributed by atoms with Crippen LogP contribution < -0.4 is 9.47 Å². The van der Waals surface area contributed by atoms with E-state index in [9.17, 15) is 9.90 Å². The zero-order valence-electron chi connectivity index (χ0n) is 14.5. The maximum Gasteiger partial charge on any atom is 0.310 e. The molecule has 0 spiro atoms. The Kier molecular flexibility index (Phi) is 6.60. The molecule has 2 rings (SSSR count). The van der Waals surface area contributed by atoms with Gasteiger partial charge in [-0.25, -0.2) is 0 Å². The molecule has 0 bridgehead atoms. The average molecular weight is 342 g/mol. The summed E-state index contributed by atoms with van der Waals surface area (Å²) in [7, 11) is 1.54. The molecule has 0 aliphatic carbocycles. The summed E-state index contributed by atoms with van der Waals surface area (Å²) in [5, 5.41) is 9.57. The van der Waals surface area contributed by atoms with Crippen molar-refractivity contribution in [2.24, 2.45) is 0 Å². The van der Waals surface area contributed by atoms with Crippen molar-refractivity contribution in [2.45, 2.75) is 20.0 Å². The number of methoxy groups -OCH3 is 1. The second-order valence-corrected chi connectivity index (χ2v) is 5.30. The Bertz CT molecular complexity index is 752. The minimum atomic E-state index is -0.301. The maximum absolute atomic E-state index is 11.7. The summed E-state index contributed by atoms with van der Waals surface area (Å²) in [5.74, 6) is 1.21. The molecule has 0 atom stereocenters. The first-order chi connectivity index (χ1) is 12.1. The molecular formula is C20H22O5. The summed E-state index contributed by atoms with van der Waals surface area (Å²) in [4.78, 5) is 11.7. The molecule has 0 radical (unpaired) electrons. The van der Waals surface area contributed by atoms with Crippen LogP contribution in [-0.2, 0) is 22.6 Å². The second kappa shape index (κ2) is 8.89. The van der Waals surface area contributed by atoms with Gasteiger partial charge in [-0.05, 0) is 42.3 Å². The van der Waals surface area contributed by atoms with Gasteiger partial charge in [-0.1, -0.05) is 24.8 Å². The zero-order valence-corrected chi connectivity index (χ0v) is 14.5. The highest BCUT2D eigenvalue weighted by Crippen LogP contribution is 2.34. The molecule has 0 unspecified atom stereocenters. The van der Waals surface area contributed by atoms with Crippen molar-refractivity contribution < 1.29 is 24.1 Å². The molecule has 0 fully saturated rings. The van der Waals surface area contributed by atoms with Crippen molar-refractivity contribution in [3.8, 4) is 17.2 Å². The van der Waals surface area contributed by atoms with E-state index in [4.69, 9.17) is 14.2 Å². The summed E-state index contributed by atoms with van der Waals surface area (Å²) >= 11 is 0. The predicted octanol–water partition coefficient (Wildman–Crippen LogP) is 3.73. The van der Waals surface area contributed by atoms with Gasteiger partial charge in [-0.2, -0.15) is 0 Å². The van der Waals surface area contributed by atoms with Crippen LogP contribution in [0.2, 0.25) is 0 Å². The average Bonchev–Trinajstić information content (AvgIpc) is 2.62. The zero-order chi connectivity index (χ0) is 18.2. The van der Waals surface area contributed by atoms with Crippen LogP contribution in [0.4, 0.5) is 0 Å². The smallest absolute Gasteiger partial charge is 0.310 e. The van der Waals surface area contributed by atoms with E-state index in [-0.39, 0.29) is 19.0 Å². The van der Waals surface area contributed by atoms with E-state index in [2.05, 4.69) is 6.58 Å². The number of carbonyl (C=O) groups excluding carboxylic acids is 1. The highest BCUT2D eigenvalue weighted by Gasteiger charge is 2.12. The van der Waals surface area contributed by atoms with Gasteiger partial charge in [0, 0.05) is 5.56 Å². The summed E-state index contributed by atoms with van der Waals surface area (Å²) in [6.07, 6.45) is 1.85. The van der Waals surface area contributed by atoms with Gasteiger partial charge in [0.2, 0.25) is 0 Å². The van der Waals surface area contributed by atoms with E-state index in [1.54, 1.807) is 50.4 Å². The molecule has 1 N–H and O–H groups in total. The molecule has 5 heteroatoms. The molecule has 0 heterocycles. The van der Waals surface area contributed by atoms with Crippen molar-refractivity contribution >= 4 is 12.0 Å². The van der Waals surface area contributed by atoms with Crippen molar-refractivity contribution in [1.82, 2.24) is 0 Å². The van der Waals surface area contributed by atoms with Gasteiger partial charge in [0.05, 0.1) is 26.7 Å². The lowest BCUT2D eigenvalue weighted by Gasteiger charge is -2.14. The third kappa shape index (κ3) is 4.84. The molecule has 132 valence electrons. The van der Waals surface area contributed by atoms with Crippen LogP contribution in [0.3, 0.4) is 0 Å².